The molecule has 3 rings (SSSR count). The third-order valence-electron chi connectivity index (χ3n) is 4.25. The number of amidine groups is 1. The minimum Gasteiger partial charge on any atom is -0.363 e. The Morgan fingerprint density at radius 1 is 1.20 bits per heavy atom. The minimum atomic E-state index is 0.252. The SMILES string of the molecule is CCCCC1N=C(N2CCCCC2)c2ccccc2N1. The van der Waals surface area contributed by atoms with E-state index in [0.717, 1.165) is 19.5 Å². The van der Waals surface area contributed by atoms with Crippen molar-refractivity contribution in [3.05, 3.63) is 29.8 Å². The molecule has 20 heavy (non-hydrogen) atoms. The number of hydrogen-bond acceptors (Lipinski definition) is 3. The summed E-state index contributed by atoms with van der Waals surface area (Å²) in [5.74, 6) is 1.22. The van der Waals surface area contributed by atoms with Crippen LogP contribution in [0.5, 0.6) is 0 Å². The topological polar surface area (TPSA) is 27.6 Å². The number of rotatable bonds is 3. The van der Waals surface area contributed by atoms with Crippen LogP contribution in [0.3, 0.4) is 0 Å². The summed E-state index contributed by atoms with van der Waals surface area (Å²) < 4.78 is 0. The van der Waals surface area contributed by atoms with Crippen molar-refractivity contribution in [1.82, 2.24) is 4.90 Å². The molecule has 1 unspecified atom stereocenters. The van der Waals surface area contributed by atoms with Gasteiger partial charge in [0, 0.05) is 24.3 Å². The molecule has 0 spiro atoms. The molecule has 1 N–H and O–H groups in total. The largest absolute Gasteiger partial charge is 0.363 e. The predicted octanol–water partition coefficient (Wildman–Crippen LogP) is 3.86. The van der Waals surface area contributed by atoms with E-state index in [1.165, 1.54) is 49.2 Å². The van der Waals surface area contributed by atoms with Crippen LogP contribution in [0.25, 0.3) is 0 Å². The molecule has 0 radical (unpaired) electrons. The fourth-order valence-electron chi connectivity index (χ4n) is 3.12. The Kier molecular flexibility index (Phi) is 4.24. The summed E-state index contributed by atoms with van der Waals surface area (Å²) in [6.07, 6.45) is 7.81. The molecule has 1 saturated heterocycles. The lowest BCUT2D eigenvalue weighted by atomic mass is 10.0. The van der Waals surface area contributed by atoms with E-state index < -0.39 is 0 Å². The van der Waals surface area contributed by atoms with Crippen molar-refractivity contribution >= 4 is 11.5 Å². The second-order valence-electron chi connectivity index (χ2n) is 5.85. The maximum absolute atomic E-state index is 5.02. The van der Waals surface area contributed by atoms with E-state index in [4.69, 9.17) is 4.99 Å². The summed E-state index contributed by atoms with van der Waals surface area (Å²) >= 11 is 0. The summed E-state index contributed by atoms with van der Waals surface area (Å²) in [5, 5.41) is 3.59. The van der Waals surface area contributed by atoms with Gasteiger partial charge in [-0.2, -0.15) is 0 Å². The van der Waals surface area contributed by atoms with Crippen molar-refractivity contribution in [3.63, 3.8) is 0 Å². The van der Waals surface area contributed by atoms with Crippen molar-refractivity contribution in [1.29, 1.82) is 0 Å². The van der Waals surface area contributed by atoms with Crippen molar-refractivity contribution < 1.29 is 0 Å². The number of likely N-dealkylation sites (tertiary alicyclic amines) is 1. The number of aliphatic imine (C=N–C) groups is 1. The molecule has 108 valence electrons. The standard InChI is InChI=1S/C17H25N3/c1-2-3-11-16-18-15-10-6-5-9-14(15)17(19-16)20-12-7-4-8-13-20/h5-6,9-10,16,18H,2-4,7-8,11-13H2,1H3. The maximum atomic E-state index is 5.02. The number of nitrogens with one attached hydrogen (secondary N) is 1. The van der Waals surface area contributed by atoms with Crippen molar-refractivity contribution in [2.24, 2.45) is 4.99 Å². The molecule has 1 aromatic rings. The summed E-state index contributed by atoms with van der Waals surface area (Å²) in [6, 6.07) is 8.62. The number of para-hydroxylation sites is 1. The molecule has 2 aliphatic heterocycles. The molecule has 3 nitrogen and oxygen atoms in total. The van der Waals surface area contributed by atoms with Gasteiger partial charge in [-0.15, -0.1) is 0 Å². The molecule has 2 heterocycles. The van der Waals surface area contributed by atoms with Gasteiger partial charge in [0.05, 0.1) is 0 Å². The van der Waals surface area contributed by atoms with E-state index in [-0.39, 0.29) is 6.17 Å². The van der Waals surface area contributed by atoms with Crippen LogP contribution in [0.1, 0.15) is 51.0 Å². The highest BCUT2D eigenvalue weighted by Crippen LogP contribution is 2.27. The lowest BCUT2D eigenvalue weighted by molar-refractivity contribution is 0.340. The van der Waals surface area contributed by atoms with Gasteiger partial charge in [-0.05, 0) is 44.2 Å². The van der Waals surface area contributed by atoms with Crippen LogP contribution in [0.15, 0.2) is 29.3 Å². The predicted molar refractivity (Wildman–Crippen MR) is 85.3 cm³/mol. The zero-order chi connectivity index (χ0) is 13.8. The van der Waals surface area contributed by atoms with Gasteiger partial charge in [-0.25, -0.2) is 4.99 Å². The first-order valence-electron chi connectivity index (χ1n) is 8.07. The number of anilines is 1. The zero-order valence-corrected chi connectivity index (χ0v) is 12.4. The van der Waals surface area contributed by atoms with Crippen LogP contribution in [0.4, 0.5) is 5.69 Å². The Bertz CT molecular complexity index is 475. The summed E-state index contributed by atoms with van der Waals surface area (Å²) in [6.45, 7) is 4.56. The van der Waals surface area contributed by atoms with E-state index in [2.05, 4.69) is 41.4 Å². The van der Waals surface area contributed by atoms with Crippen LogP contribution >= 0.6 is 0 Å². The van der Waals surface area contributed by atoms with Crippen LogP contribution in [0.2, 0.25) is 0 Å². The first-order chi connectivity index (χ1) is 9.88. The van der Waals surface area contributed by atoms with E-state index >= 15 is 0 Å². The monoisotopic (exact) mass is 271 g/mol. The van der Waals surface area contributed by atoms with Crippen LogP contribution in [0, 0.1) is 0 Å². The second kappa shape index (κ2) is 6.29. The molecule has 0 aliphatic carbocycles. The number of nitrogens with zero attached hydrogens (tertiary/aromatic N) is 2. The molecule has 0 amide bonds. The molecular weight excluding hydrogens is 246 g/mol. The van der Waals surface area contributed by atoms with Crippen LogP contribution in [-0.2, 0) is 0 Å². The molecule has 2 aliphatic rings. The Labute approximate surface area is 122 Å². The van der Waals surface area contributed by atoms with Gasteiger partial charge in [0.1, 0.15) is 12.0 Å². The van der Waals surface area contributed by atoms with Crippen molar-refractivity contribution in [2.45, 2.75) is 51.6 Å². The van der Waals surface area contributed by atoms with Crippen molar-refractivity contribution in [3.8, 4) is 0 Å². The maximum Gasteiger partial charge on any atom is 0.135 e. The Balaban J connectivity index is 1.87. The normalized spacial score (nSPS) is 21.9. The lowest BCUT2D eigenvalue weighted by Gasteiger charge is -2.35. The van der Waals surface area contributed by atoms with Gasteiger partial charge in [-0.3, -0.25) is 0 Å². The zero-order valence-electron chi connectivity index (χ0n) is 12.4. The first-order valence-corrected chi connectivity index (χ1v) is 8.07. The average Bonchev–Trinajstić information content (AvgIpc) is 2.53. The molecule has 0 saturated carbocycles. The van der Waals surface area contributed by atoms with Gasteiger partial charge in [0.25, 0.3) is 0 Å². The van der Waals surface area contributed by atoms with Gasteiger partial charge >= 0.3 is 0 Å². The smallest absolute Gasteiger partial charge is 0.135 e. The van der Waals surface area contributed by atoms with Crippen LogP contribution in [-0.4, -0.2) is 30.0 Å². The number of benzene rings is 1. The van der Waals surface area contributed by atoms with Gasteiger partial charge < -0.3 is 10.2 Å². The summed E-state index contributed by atoms with van der Waals surface area (Å²) in [7, 11) is 0. The van der Waals surface area contributed by atoms with E-state index in [9.17, 15) is 0 Å². The second-order valence-corrected chi connectivity index (χ2v) is 5.85. The number of hydrogen-bond donors (Lipinski definition) is 1. The molecular formula is C17H25N3. The van der Waals surface area contributed by atoms with Crippen LogP contribution < -0.4 is 5.32 Å². The first kappa shape index (κ1) is 13.5. The highest BCUT2D eigenvalue weighted by atomic mass is 15.2. The molecule has 0 aromatic heterocycles. The third-order valence-corrected chi connectivity index (χ3v) is 4.25. The Morgan fingerprint density at radius 3 is 2.80 bits per heavy atom. The van der Waals surface area contributed by atoms with Gasteiger partial charge in [0.2, 0.25) is 0 Å². The Morgan fingerprint density at radius 2 is 2.00 bits per heavy atom. The van der Waals surface area contributed by atoms with E-state index in [1.807, 2.05) is 0 Å². The third kappa shape index (κ3) is 2.82. The summed E-state index contributed by atoms with van der Waals surface area (Å²) in [5.41, 5.74) is 2.53. The highest BCUT2D eigenvalue weighted by molar-refractivity contribution is 6.04. The Hall–Kier alpha value is -1.51. The van der Waals surface area contributed by atoms with Gasteiger partial charge in [-0.1, -0.05) is 25.5 Å². The lowest BCUT2D eigenvalue weighted by Crippen LogP contribution is -2.40. The molecule has 1 atom stereocenters. The molecule has 3 heteroatoms. The molecule has 0 bridgehead atoms. The fourth-order valence-corrected chi connectivity index (χ4v) is 3.12. The highest BCUT2D eigenvalue weighted by Gasteiger charge is 2.24. The molecule has 1 fully saturated rings. The molecule has 1 aromatic carbocycles. The quantitative estimate of drug-likeness (QED) is 0.904. The number of unbranched alkanes of at least 4 members (excludes halogenated alkanes) is 1. The van der Waals surface area contributed by atoms with Crippen molar-refractivity contribution in [2.75, 3.05) is 18.4 Å². The number of fused-ring (bicyclic) bond motifs is 1. The van der Waals surface area contributed by atoms with E-state index in [0.29, 0.717) is 0 Å². The fraction of sp³-hybridized carbons (Fsp3) is 0.588. The number of piperidine rings is 1. The van der Waals surface area contributed by atoms with E-state index in [1.54, 1.807) is 0 Å². The average molecular weight is 271 g/mol. The van der Waals surface area contributed by atoms with Gasteiger partial charge in [0.15, 0.2) is 0 Å². The minimum absolute atomic E-state index is 0.252. The summed E-state index contributed by atoms with van der Waals surface area (Å²) in [4.78, 5) is 7.50.